The number of unbranched alkanes of at least 4 members (excludes halogenated alkanes) is 1. The van der Waals surface area contributed by atoms with E-state index in [-0.39, 0.29) is 35.2 Å². The van der Waals surface area contributed by atoms with Gasteiger partial charge in [-0.15, -0.1) is 23.5 Å². The first-order valence-corrected chi connectivity index (χ1v) is 14.9. The van der Waals surface area contributed by atoms with Crippen LogP contribution in [0.2, 0.25) is 0 Å². The first-order chi connectivity index (χ1) is 17.0. The molecule has 0 bridgehead atoms. The van der Waals surface area contributed by atoms with Crippen LogP contribution >= 0.6 is 23.5 Å². The normalized spacial score (nSPS) is 33.8. The van der Waals surface area contributed by atoms with Crippen molar-refractivity contribution in [3.8, 4) is 0 Å². The number of likely N-dealkylation sites (tertiary alicyclic amines) is 1. The highest BCUT2D eigenvalue weighted by Gasteiger charge is 2.46. The molecule has 0 aliphatic carbocycles. The highest BCUT2D eigenvalue weighted by atomic mass is 32.2. The summed E-state index contributed by atoms with van der Waals surface area (Å²) in [5.41, 5.74) is 0. The van der Waals surface area contributed by atoms with Crippen LogP contribution in [-0.4, -0.2) is 108 Å². The van der Waals surface area contributed by atoms with Crippen molar-refractivity contribution in [3.05, 3.63) is 0 Å². The monoisotopic (exact) mass is 529 g/mol. The van der Waals surface area contributed by atoms with E-state index in [4.69, 9.17) is 9.47 Å². The second kappa shape index (κ2) is 13.0. The van der Waals surface area contributed by atoms with Crippen molar-refractivity contribution in [3.63, 3.8) is 0 Å². The zero-order valence-corrected chi connectivity index (χ0v) is 22.3. The fraction of sp³-hybridized carbons (Fsp3) is 0.870. The molecule has 4 aliphatic heterocycles. The summed E-state index contributed by atoms with van der Waals surface area (Å²) < 4.78 is 10.4. The molecule has 6 unspecified atom stereocenters. The first kappa shape index (κ1) is 27.0. The van der Waals surface area contributed by atoms with Crippen molar-refractivity contribution in [1.82, 2.24) is 25.8 Å². The maximum atomic E-state index is 13.2. The first-order valence-electron chi connectivity index (χ1n) is 12.9. The fourth-order valence-corrected chi connectivity index (χ4v) is 8.07. The topological polar surface area (TPSA) is 112 Å². The van der Waals surface area contributed by atoms with Crippen LogP contribution in [0.3, 0.4) is 0 Å². The lowest BCUT2D eigenvalue weighted by Gasteiger charge is -2.47. The second-order valence-corrected chi connectivity index (χ2v) is 12.0. The Labute approximate surface area is 216 Å². The molecule has 6 atom stereocenters. The van der Waals surface area contributed by atoms with Crippen LogP contribution in [0.25, 0.3) is 0 Å². The molecule has 0 radical (unpaired) electrons. The number of hydrogen-bond donors (Lipinski definition) is 3. The number of morpholine rings is 1. The molecule has 3 amide bonds. The van der Waals surface area contributed by atoms with Crippen molar-refractivity contribution < 1.29 is 23.9 Å². The smallest absolute Gasteiger partial charge is 0.413 e. The van der Waals surface area contributed by atoms with E-state index in [2.05, 4.69) is 32.7 Å². The maximum Gasteiger partial charge on any atom is 0.413 e. The Morgan fingerprint density at radius 3 is 2.71 bits per heavy atom. The van der Waals surface area contributed by atoms with E-state index in [1.807, 2.05) is 0 Å². The lowest BCUT2D eigenvalue weighted by molar-refractivity contribution is -0.125. The van der Waals surface area contributed by atoms with Gasteiger partial charge in [-0.2, -0.15) is 0 Å². The molecule has 0 aromatic heterocycles. The number of imide groups is 1. The molecule has 4 aliphatic rings. The minimum atomic E-state index is -0.737. The summed E-state index contributed by atoms with van der Waals surface area (Å²) in [4.78, 5) is 42.5. The van der Waals surface area contributed by atoms with Crippen molar-refractivity contribution in [2.24, 2.45) is 5.92 Å². The average Bonchev–Trinajstić information content (AvgIpc) is 3.49. The molecule has 4 saturated heterocycles. The van der Waals surface area contributed by atoms with Gasteiger partial charge in [-0.05, 0) is 38.5 Å². The van der Waals surface area contributed by atoms with E-state index < -0.39 is 12.0 Å². The van der Waals surface area contributed by atoms with Crippen LogP contribution in [0, 0.1) is 5.92 Å². The Hall–Kier alpha value is -1.05. The van der Waals surface area contributed by atoms with Crippen LogP contribution in [-0.2, 0) is 19.1 Å². The van der Waals surface area contributed by atoms with E-state index in [9.17, 15) is 14.4 Å². The summed E-state index contributed by atoms with van der Waals surface area (Å²) >= 11 is 3.27. The highest BCUT2D eigenvalue weighted by Crippen LogP contribution is 2.38. The zero-order valence-electron chi connectivity index (χ0n) is 20.7. The van der Waals surface area contributed by atoms with Gasteiger partial charge >= 0.3 is 6.09 Å². The fourth-order valence-electron chi connectivity index (χ4n) is 5.30. The van der Waals surface area contributed by atoms with Gasteiger partial charge in [0.15, 0.2) is 0 Å². The molecule has 0 aromatic carbocycles. The quantitative estimate of drug-likeness (QED) is 0.421. The van der Waals surface area contributed by atoms with E-state index >= 15 is 0 Å². The Kier molecular flexibility index (Phi) is 9.99. The van der Waals surface area contributed by atoms with Crippen molar-refractivity contribution >= 4 is 41.4 Å². The van der Waals surface area contributed by atoms with E-state index in [0.717, 1.165) is 58.0 Å². The van der Waals surface area contributed by atoms with E-state index in [0.29, 0.717) is 17.8 Å². The summed E-state index contributed by atoms with van der Waals surface area (Å²) in [7, 11) is 0. The summed E-state index contributed by atoms with van der Waals surface area (Å²) in [6.07, 6.45) is 3.63. The molecular weight excluding hydrogens is 490 g/mol. The summed E-state index contributed by atoms with van der Waals surface area (Å²) in [5, 5.41) is 8.63. The number of rotatable bonds is 8. The number of alkyl carbamates (subject to hydrolysis) is 1. The van der Waals surface area contributed by atoms with Gasteiger partial charge < -0.3 is 14.8 Å². The maximum absolute atomic E-state index is 13.2. The minimum Gasteiger partial charge on any atom is -0.450 e. The van der Waals surface area contributed by atoms with Gasteiger partial charge in [0, 0.05) is 30.9 Å². The molecule has 198 valence electrons. The lowest BCUT2D eigenvalue weighted by Crippen LogP contribution is -2.61. The van der Waals surface area contributed by atoms with Crippen molar-refractivity contribution in [1.29, 1.82) is 0 Å². The van der Waals surface area contributed by atoms with Crippen LogP contribution in [0.5, 0.6) is 0 Å². The molecule has 12 heteroatoms. The number of amides is 3. The van der Waals surface area contributed by atoms with Crippen LogP contribution in [0.1, 0.15) is 39.5 Å². The molecule has 4 heterocycles. The van der Waals surface area contributed by atoms with Gasteiger partial charge in [0.05, 0.1) is 37.3 Å². The van der Waals surface area contributed by atoms with Gasteiger partial charge in [-0.25, -0.2) is 4.79 Å². The highest BCUT2D eigenvalue weighted by molar-refractivity contribution is 8.01. The largest absolute Gasteiger partial charge is 0.450 e. The summed E-state index contributed by atoms with van der Waals surface area (Å²) in [6.45, 7) is 9.61. The molecule has 0 saturated carbocycles. The zero-order chi connectivity index (χ0) is 24.8. The van der Waals surface area contributed by atoms with Crippen LogP contribution in [0.15, 0.2) is 0 Å². The minimum absolute atomic E-state index is 0.0826. The molecule has 0 aromatic rings. The predicted molar refractivity (Wildman–Crippen MR) is 137 cm³/mol. The van der Waals surface area contributed by atoms with E-state index in [1.165, 1.54) is 6.42 Å². The predicted octanol–water partition coefficient (Wildman–Crippen LogP) is 1.02. The molecule has 0 spiro atoms. The third-order valence-corrected chi connectivity index (χ3v) is 9.91. The molecule has 35 heavy (non-hydrogen) atoms. The molecule has 4 fully saturated rings. The third-order valence-electron chi connectivity index (χ3n) is 7.14. The standard InChI is InChI=1S/C23H39N5O5S2/c1-3-5-7-28-14-16-17(13-18(28)27-8-10-32-11-9-27)35-22(24-16)20(30)25-21-15(6-12-34-21)19(29)26-23(31)33-4-2/h15-18,21-22,24H,3-14H2,1-2H3,(H,25,30)(H,26,29,31). The van der Waals surface area contributed by atoms with Gasteiger partial charge in [-0.1, -0.05) is 13.3 Å². The molecule has 4 rings (SSSR count). The number of nitrogens with one attached hydrogen (secondary N) is 3. The molecular formula is C23H39N5O5S2. The number of fused-ring (bicyclic) bond motifs is 1. The average molecular weight is 530 g/mol. The van der Waals surface area contributed by atoms with Crippen molar-refractivity contribution in [2.45, 2.75) is 67.7 Å². The summed E-state index contributed by atoms with van der Waals surface area (Å²) in [5.74, 6) is -0.159. The second-order valence-electron chi connectivity index (χ2n) is 9.45. The number of hydrogen-bond acceptors (Lipinski definition) is 10. The number of ether oxygens (including phenoxy) is 2. The Bertz CT molecular complexity index is 756. The SMILES string of the molecule is CCCCN1CC2NC(C(=O)NC3SCCC3C(=O)NC(=O)OCC)SC2CC1N1CCOCC1. The lowest BCUT2D eigenvalue weighted by atomic mass is 10.0. The van der Waals surface area contributed by atoms with Gasteiger partial charge in [0.2, 0.25) is 11.8 Å². The Balaban J connectivity index is 1.33. The van der Waals surface area contributed by atoms with Gasteiger partial charge in [-0.3, -0.25) is 30.0 Å². The number of carbonyl (C=O) groups excluding carboxylic acids is 3. The Morgan fingerprint density at radius 1 is 1.17 bits per heavy atom. The number of thioether (sulfide) groups is 2. The number of nitrogens with zero attached hydrogens (tertiary/aromatic N) is 2. The van der Waals surface area contributed by atoms with Crippen LogP contribution < -0.4 is 16.0 Å². The molecule has 3 N–H and O–H groups in total. The number of piperidine rings is 1. The van der Waals surface area contributed by atoms with E-state index in [1.54, 1.807) is 30.4 Å². The third kappa shape index (κ3) is 6.84. The summed E-state index contributed by atoms with van der Waals surface area (Å²) in [6, 6.07) is 0.268. The van der Waals surface area contributed by atoms with Gasteiger partial charge in [0.1, 0.15) is 5.37 Å². The van der Waals surface area contributed by atoms with Crippen molar-refractivity contribution in [2.75, 3.05) is 51.8 Å². The number of carbonyl (C=O) groups is 3. The van der Waals surface area contributed by atoms with Crippen LogP contribution in [0.4, 0.5) is 4.79 Å². The Morgan fingerprint density at radius 2 is 1.97 bits per heavy atom. The molecule has 10 nitrogen and oxygen atoms in total. The van der Waals surface area contributed by atoms with Gasteiger partial charge in [0.25, 0.3) is 0 Å².